The molecule has 0 radical (unpaired) electrons. The van der Waals surface area contributed by atoms with Crippen LogP contribution >= 0.6 is 0 Å². The lowest BCUT2D eigenvalue weighted by molar-refractivity contribution is 0.0114. The van der Waals surface area contributed by atoms with Gasteiger partial charge in [0, 0.05) is 6.61 Å². The predicted octanol–water partition coefficient (Wildman–Crippen LogP) is 2.34. The molecule has 17 heavy (non-hydrogen) atoms. The van der Waals surface area contributed by atoms with Gasteiger partial charge in [-0.1, -0.05) is 0 Å². The second-order valence-corrected chi connectivity index (χ2v) is 4.70. The minimum absolute atomic E-state index is 0.448. The van der Waals surface area contributed by atoms with E-state index in [1.807, 2.05) is 13.8 Å². The highest BCUT2D eigenvalue weighted by molar-refractivity contribution is 5.05. The summed E-state index contributed by atoms with van der Waals surface area (Å²) in [4.78, 5) is 4.33. The molecule has 1 atom stereocenters. The number of aromatic nitrogens is 1. The van der Waals surface area contributed by atoms with Crippen LogP contribution in [0.2, 0.25) is 0 Å². The van der Waals surface area contributed by atoms with Crippen LogP contribution in [0.15, 0.2) is 4.42 Å². The van der Waals surface area contributed by atoms with Crippen molar-refractivity contribution >= 4 is 0 Å². The fourth-order valence-corrected chi connectivity index (χ4v) is 2.11. The molecule has 1 fully saturated rings. The molecule has 1 saturated heterocycles. The quantitative estimate of drug-likeness (QED) is 0.800. The van der Waals surface area contributed by atoms with Crippen molar-refractivity contribution in [3.8, 4) is 0 Å². The third kappa shape index (κ3) is 3.82. The summed E-state index contributed by atoms with van der Waals surface area (Å²) in [6.07, 6.45) is 5.27. The zero-order valence-corrected chi connectivity index (χ0v) is 10.8. The Labute approximate surface area is 103 Å². The van der Waals surface area contributed by atoms with Crippen molar-refractivity contribution < 1.29 is 9.15 Å². The molecule has 0 aliphatic carbocycles. The summed E-state index contributed by atoms with van der Waals surface area (Å²) in [7, 11) is 0. The Balaban J connectivity index is 1.62. The second-order valence-electron chi connectivity index (χ2n) is 4.70. The largest absolute Gasteiger partial charge is 0.444 e. The average molecular weight is 238 g/mol. The highest BCUT2D eigenvalue weighted by Gasteiger charge is 2.13. The minimum atomic E-state index is 0.448. The van der Waals surface area contributed by atoms with Crippen LogP contribution in [0.3, 0.4) is 0 Å². The Hall–Kier alpha value is -0.870. The number of hydrogen-bond donors (Lipinski definition) is 1. The van der Waals surface area contributed by atoms with E-state index in [9.17, 15) is 0 Å². The van der Waals surface area contributed by atoms with E-state index < -0.39 is 0 Å². The van der Waals surface area contributed by atoms with Crippen LogP contribution in [0.1, 0.15) is 43.0 Å². The molecule has 0 spiro atoms. The average Bonchev–Trinajstić information content (AvgIpc) is 2.66. The molecule has 0 saturated carbocycles. The van der Waals surface area contributed by atoms with Crippen LogP contribution in [0.5, 0.6) is 0 Å². The van der Waals surface area contributed by atoms with Gasteiger partial charge in [-0.05, 0) is 46.1 Å². The molecule has 1 aromatic rings. The van der Waals surface area contributed by atoms with E-state index in [1.54, 1.807) is 0 Å². The van der Waals surface area contributed by atoms with Crippen LogP contribution in [0.25, 0.3) is 0 Å². The third-order valence-electron chi connectivity index (χ3n) is 3.27. The van der Waals surface area contributed by atoms with E-state index in [4.69, 9.17) is 9.15 Å². The molecule has 2 rings (SSSR count). The lowest BCUT2D eigenvalue weighted by atomic mass is 10.1. The lowest BCUT2D eigenvalue weighted by Gasteiger charge is -2.22. The van der Waals surface area contributed by atoms with Crippen LogP contribution in [0, 0.1) is 13.8 Å². The van der Waals surface area contributed by atoms with Gasteiger partial charge in [0.25, 0.3) is 0 Å². The van der Waals surface area contributed by atoms with Crippen molar-refractivity contribution in [1.29, 1.82) is 0 Å². The van der Waals surface area contributed by atoms with Gasteiger partial charge in [-0.3, -0.25) is 0 Å². The van der Waals surface area contributed by atoms with Crippen molar-refractivity contribution in [1.82, 2.24) is 10.3 Å². The SMILES string of the molecule is Cc1nc(CNCCC2CCCCO2)oc1C. The van der Waals surface area contributed by atoms with Gasteiger partial charge in [0.2, 0.25) is 5.89 Å². The molecule has 96 valence electrons. The van der Waals surface area contributed by atoms with Gasteiger partial charge in [0.05, 0.1) is 18.3 Å². The smallest absolute Gasteiger partial charge is 0.208 e. The van der Waals surface area contributed by atoms with E-state index in [1.165, 1.54) is 19.3 Å². The van der Waals surface area contributed by atoms with Crippen molar-refractivity contribution in [2.45, 2.75) is 52.2 Å². The van der Waals surface area contributed by atoms with Gasteiger partial charge in [0.15, 0.2) is 0 Å². The normalized spacial score (nSPS) is 20.7. The van der Waals surface area contributed by atoms with Crippen molar-refractivity contribution in [3.63, 3.8) is 0 Å². The number of nitrogens with zero attached hydrogens (tertiary/aromatic N) is 1. The van der Waals surface area contributed by atoms with Crippen LogP contribution < -0.4 is 5.32 Å². The zero-order chi connectivity index (χ0) is 12.1. The van der Waals surface area contributed by atoms with Gasteiger partial charge in [-0.2, -0.15) is 0 Å². The highest BCUT2D eigenvalue weighted by Crippen LogP contribution is 2.15. The number of rotatable bonds is 5. The van der Waals surface area contributed by atoms with Crippen LogP contribution in [-0.4, -0.2) is 24.2 Å². The Morgan fingerprint density at radius 1 is 1.35 bits per heavy atom. The monoisotopic (exact) mass is 238 g/mol. The molecule has 0 amide bonds. The number of hydrogen-bond acceptors (Lipinski definition) is 4. The number of aryl methyl sites for hydroxylation is 2. The summed E-state index contributed by atoms with van der Waals surface area (Å²) in [6.45, 7) is 6.52. The Morgan fingerprint density at radius 2 is 2.24 bits per heavy atom. The molecule has 1 aliphatic rings. The zero-order valence-electron chi connectivity index (χ0n) is 10.8. The first-order valence-corrected chi connectivity index (χ1v) is 6.51. The first-order valence-electron chi connectivity index (χ1n) is 6.51. The Kier molecular flexibility index (Phi) is 4.57. The molecular weight excluding hydrogens is 216 g/mol. The minimum Gasteiger partial charge on any atom is -0.444 e. The Morgan fingerprint density at radius 3 is 2.88 bits per heavy atom. The van der Waals surface area contributed by atoms with Gasteiger partial charge in [0.1, 0.15) is 5.76 Å². The molecular formula is C13H22N2O2. The fourth-order valence-electron chi connectivity index (χ4n) is 2.11. The first-order chi connectivity index (χ1) is 8.25. The number of ether oxygens (including phenoxy) is 1. The summed E-state index contributed by atoms with van der Waals surface area (Å²) in [5, 5.41) is 3.35. The number of oxazole rings is 1. The fraction of sp³-hybridized carbons (Fsp3) is 0.769. The number of nitrogens with one attached hydrogen (secondary N) is 1. The third-order valence-corrected chi connectivity index (χ3v) is 3.27. The van der Waals surface area contributed by atoms with Gasteiger partial charge < -0.3 is 14.5 Å². The molecule has 1 aromatic heterocycles. The van der Waals surface area contributed by atoms with Crippen molar-refractivity contribution in [2.24, 2.45) is 0 Å². The standard InChI is InChI=1S/C13H22N2O2/c1-10-11(2)17-13(15-10)9-14-7-6-12-5-3-4-8-16-12/h12,14H,3-9H2,1-2H3. The van der Waals surface area contributed by atoms with Gasteiger partial charge >= 0.3 is 0 Å². The van der Waals surface area contributed by atoms with E-state index in [0.717, 1.165) is 36.9 Å². The second kappa shape index (κ2) is 6.17. The lowest BCUT2D eigenvalue weighted by Crippen LogP contribution is -2.25. The molecule has 0 aromatic carbocycles. The summed E-state index contributed by atoms with van der Waals surface area (Å²) < 4.78 is 11.2. The van der Waals surface area contributed by atoms with Crippen molar-refractivity contribution in [3.05, 3.63) is 17.3 Å². The summed E-state index contributed by atoms with van der Waals surface area (Å²) in [5.41, 5.74) is 0.984. The van der Waals surface area contributed by atoms with Crippen LogP contribution in [0.4, 0.5) is 0 Å². The van der Waals surface area contributed by atoms with E-state index in [0.29, 0.717) is 12.6 Å². The molecule has 2 heterocycles. The molecule has 4 heteroatoms. The predicted molar refractivity (Wildman–Crippen MR) is 65.9 cm³/mol. The molecule has 0 bridgehead atoms. The maximum absolute atomic E-state index is 5.67. The van der Waals surface area contributed by atoms with Gasteiger partial charge in [-0.15, -0.1) is 0 Å². The molecule has 1 N–H and O–H groups in total. The van der Waals surface area contributed by atoms with Crippen LogP contribution in [-0.2, 0) is 11.3 Å². The maximum Gasteiger partial charge on any atom is 0.208 e. The van der Waals surface area contributed by atoms with Gasteiger partial charge in [-0.25, -0.2) is 4.98 Å². The Bertz CT molecular complexity index is 324. The summed E-state index contributed by atoms with van der Waals surface area (Å²) in [6, 6.07) is 0. The highest BCUT2D eigenvalue weighted by atomic mass is 16.5. The van der Waals surface area contributed by atoms with Crippen molar-refractivity contribution in [2.75, 3.05) is 13.2 Å². The molecule has 4 nitrogen and oxygen atoms in total. The summed E-state index contributed by atoms with van der Waals surface area (Å²) in [5.74, 6) is 1.70. The van der Waals surface area contributed by atoms with E-state index >= 15 is 0 Å². The maximum atomic E-state index is 5.67. The summed E-state index contributed by atoms with van der Waals surface area (Å²) >= 11 is 0. The molecule has 1 aliphatic heterocycles. The molecule has 1 unspecified atom stereocenters. The topological polar surface area (TPSA) is 47.3 Å². The first kappa shape index (κ1) is 12.6. The van der Waals surface area contributed by atoms with E-state index in [2.05, 4.69) is 10.3 Å². The van der Waals surface area contributed by atoms with E-state index in [-0.39, 0.29) is 0 Å².